The van der Waals surface area contributed by atoms with E-state index in [1.807, 2.05) is 0 Å². The first-order chi connectivity index (χ1) is 9.54. The van der Waals surface area contributed by atoms with Crippen LogP contribution in [0.2, 0.25) is 0 Å². The highest BCUT2D eigenvalue weighted by atomic mass is 16.5. The minimum atomic E-state index is -0.912. The van der Waals surface area contributed by atoms with Crippen molar-refractivity contribution in [2.45, 2.75) is 19.4 Å². The van der Waals surface area contributed by atoms with Crippen molar-refractivity contribution in [3.8, 4) is 0 Å². The molecule has 0 aliphatic carbocycles. The number of nitrogens with one attached hydrogen (secondary N) is 1. The maximum atomic E-state index is 11.8. The molecule has 0 unspecified atom stereocenters. The Hall–Kier alpha value is -2.22. The topological polar surface area (TPSA) is 111 Å². The van der Waals surface area contributed by atoms with E-state index in [0.717, 1.165) is 4.68 Å². The van der Waals surface area contributed by atoms with Crippen molar-refractivity contribution >= 4 is 11.9 Å². The Balaban J connectivity index is 2.59. The summed E-state index contributed by atoms with van der Waals surface area (Å²) in [6, 6.07) is 2.59. The summed E-state index contributed by atoms with van der Waals surface area (Å²) >= 11 is 0. The number of hydrogen-bond donors (Lipinski definition) is 2. The molecular formula is C12H17N3O5. The predicted octanol–water partition coefficient (Wildman–Crippen LogP) is -0.516. The van der Waals surface area contributed by atoms with Crippen molar-refractivity contribution < 1.29 is 19.4 Å². The minimum absolute atomic E-state index is 0.0129. The van der Waals surface area contributed by atoms with Gasteiger partial charge in [0.15, 0.2) is 0 Å². The van der Waals surface area contributed by atoms with Crippen LogP contribution in [0.5, 0.6) is 0 Å². The van der Waals surface area contributed by atoms with E-state index in [9.17, 15) is 14.4 Å². The first-order valence-corrected chi connectivity index (χ1v) is 6.11. The Bertz CT molecular complexity index is 526. The molecule has 0 aliphatic heterocycles. The Morgan fingerprint density at radius 3 is 2.85 bits per heavy atom. The Kier molecular flexibility index (Phi) is 6.38. The van der Waals surface area contributed by atoms with Gasteiger partial charge >= 0.3 is 5.97 Å². The van der Waals surface area contributed by atoms with Gasteiger partial charge in [-0.05, 0) is 12.5 Å². The van der Waals surface area contributed by atoms with Gasteiger partial charge in [0.25, 0.3) is 11.5 Å². The molecule has 0 radical (unpaired) electrons. The molecule has 1 aromatic heterocycles. The predicted molar refractivity (Wildman–Crippen MR) is 69.6 cm³/mol. The van der Waals surface area contributed by atoms with Gasteiger partial charge in [-0.25, -0.2) is 4.68 Å². The molecule has 0 bridgehead atoms. The average molecular weight is 283 g/mol. The van der Waals surface area contributed by atoms with Crippen molar-refractivity contribution in [2.24, 2.45) is 0 Å². The van der Waals surface area contributed by atoms with Gasteiger partial charge in [-0.1, -0.05) is 0 Å². The maximum absolute atomic E-state index is 11.8. The fourth-order valence-corrected chi connectivity index (χ4v) is 1.44. The lowest BCUT2D eigenvalue weighted by Gasteiger charge is -2.07. The van der Waals surface area contributed by atoms with Crippen LogP contribution in [0.15, 0.2) is 16.9 Å². The molecule has 2 N–H and O–H groups in total. The molecule has 1 amide bonds. The molecule has 1 heterocycles. The summed E-state index contributed by atoms with van der Waals surface area (Å²) in [7, 11) is 1.50. The highest BCUT2D eigenvalue weighted by Gasteiger charge is 2.09. The molecule has 20 heavy (non-hydrogen) atoms. The number of methoxy groups -OCH3 is 1. The molecule has 110 valence electrons. The highest BCUT2D eigenvalue weighted by molar-refractivity contribution is 5.91. The third kappa shape index (κ3) is 5.19. The van der Waals surface area contributed by atoms with Gasteiger partial charge in [0, 0.05) is 26.1 Å². The van der Waals surface area contributed by atoms with Crippen LogP contribution in [0, 0.1) is 0 Å². The van der Waals surface area contributed by atoms with Gasteiger partial charge in [0.1, 0.15) is 5.69 Å². The fourth-order valence-electron chi connectivity index (χ4n) is 1.44. The minimum Gasteiger partial charge on any atom is -0.481 e. The number of amides is 1. The summed E-state index contributed by atoms with van der Waals surface area (Å²) in [6.07, 6.45) is 0.325. The first kappa shape index (κ1) is 15.8. The second-order valence-electron chi connectivity index (χ2n) is 4.03. The monoisotopic (exact) mass is 283 g/mol. The number of carbonyl (C=O) groups excluding carboxylic acids is 1. The van der Waals surface area contributed by atoms with Crippen LogP contribution in [0.3, 0.4) is 0 Å². The fraction of sp³-hybridized carbons (Fsp3) is 0.500. The smallest absolute Gasteiger partial charge is 0.303 e. The SMILES string of the molecule is COCCn1nc(C(=O)NCCCC(=O)O)ccc1=O. The summed E-state index contributed by atoms with van der Waals surface area (Å²) in [5, 5.41) is 14.9. The van der Waals surface area contributed by atoms with Crippen LogP contribution >= 0.6 is 0 Å². The van der Waals surface area contributed by atoms with E-state index in [-0.39, 0.29) is 30.8 Å². The summed E-state index contributed by atoms with van der Waals surface area (Å²) < 4.78 is 6.00. The van der Waals surface area contributed by atoms with Crippen molar-refractivity contribution in [1.29, 1.82) is 0 Å². The van der Waals surface area contributed by atoms with E-state index in [4.69, 9.17) is 9.84 Å². The second kappa shape index (κ2) is 8.05. The van der Waals surface area contributed by atoms with Gasteiger partial charge in [-0.2, -0.15) is 5.10 Å². The molecule has 0 aliphatic rings. The summed E-state index contributed by atoms with van der Waals surface area (Å²) in [5.74, 6) is -1.35. The van der Waals surface area contributed by atoms with E-state index in [1.165, 1.54) is 19.2 Å². The molecule has 0 spiro atoms. The molecule has 0 fully saturated rings. The average Bonchev–Trinajstić information content (AvgIpc) is 2.42. The number of ether oxygens (including phenoxy) is 1. The number of rotatable bonds is 8. The van der Waals surface area contributed by atoms with Gasteiger partial charge in [0.05, 0.1) is 13.2 Å². The van der Waals surface area contributed by atoms with E-state index in [0.29, 0.717) is 13.0 Å². The lowest BCUT2D eigenvalue weighted by atomic mass is 10.3. The molecule has 0 saturated heterocycles. The van der Waals surface area contributed by atoms with E-state index >= 15 is 0 Å². The Labute approximate surface area is 115 Å². The number of carbonyl (C=O) groups is 2. The van der Waals surface area contributed by atoms with E-state index in [2.05, 4.69) is 10.4 Å². The zero-order valence-corrected chi connectivity index (χ0v) is 11.2. The summed E-state index contributed by atoms with van der Waals surface area (Å²) in [6.45, 7) is 0.816. The van der Waals surface area contributed by atoms with Crippen LogP contribution in [0.25, 0.3) is 0 Å². The Morgan fingerprint density at radius 1 is 1.45 bits per heavy atom. The zero-order chi connectivity index (χ0) is 15.0. The van der Waals surface area contributed by atoms with Crippen molar-refractivity contribution in [1.82, 2.24) is 15.1 Å². The number of hydrogen-bond acceptors (Lipinski definition) is 5. The number of carboxylic acid groups (broad SMARTS) is 1. The third-order valence-electron chi connectivity index (χ3n) is 2.46. The van der Waals surface area contributed by atoms with Crippen LogP contribution < -0.4 is 10.9 Å². The number of carboxylic acids is 1. The number of aliphatic carboxylic acids is 1. The normalized spacial score (nSPS) is 10.2. The zero-order valence-electron chi connectivity index (χ0n) is 11.2. The van der Waals surface area contributed by atoms with E-state index in [1.54, 1.807) is 0 Å². The van der Waals surface area contributed by atoms with Crippen LogP contribution in [-0.4, -0.2) is 47.0 Å². The lowest BCUT2D eigenvalue weighted by Crippen LogP contribution is -2.31. The molecule has 0 atom stereocenters. The van der Waals surface area contributed by atoms with Gasteiger partial charge in [0.2, 0.25) is 0 Å². The largest absolute Gasteiger partial charge is 0.481 e. The van der Waals surface area contributed by atoms with Crippen molar-refractivity contribution in [2.75, 3.05) is 20.3 Å². The molecule has 8 nitrogen and oxygen atoms in total. The molecule has 0 aromatic carbocycles. The van der Waals surface area contributed by atoms with Gasteiger partial charge in [-0.15, -0.1) is 0 Å². The maximum Gasteiger partial charge on any atom is 0.303 e. The standard InChI is InChI=1S/C12H17N3O5/c1-20-8-7-15-10(16)5-4-9(14-15)12(19)13-6-2-3-11(17)18/h4-5H,2-3,6-8H2,1H3,(H,13,19)(H,17,18). The van der Waals surface area contributed by atoms with Crippen molar-refractivity contribution in [3.05, 3.63) is 28.2 Å². The molecule has 1 rings (SSSR count). The Morgan fingerprint density at radius 2 is 2.20 bits per heavy atom. The summed E-state index contributed by atoms with van der Waals surface area (Å²) in [5.41, 5.74) is -0.208. The van der Waals surface area contributed by atoms with E-state index < -0.39 is 11.9 Å². The number of nitrogens with zero attached hydrogens (tertiary/aromatic N) is 2. The second-order valence-corrected chi connectivity index (χ2v) is 4.03. The number of aromatic nitrogens is 2. The van der Waals surface area contributed by atoms with Gasteiger partial charge in [-0.3, -0.25) is 14.4 Å². The van der Waals surface area contributed by atoms with Gasteiger partial charge < -0.3 is 15.2 Å². The molecular weight excluding hydrogens is 266 g/mol. The van der Waals surface area contributed by atoms with Crippen molar-refractivity contribution in [3.63, 3.8) is 0 Å². The first-order valence-electron chi connectivity index (χ1n) is 6.11. The molecule has 0 saturated carbocycles. The lowest BCUT2D eigenvalue weighted by molar-refractivity contribution is -0.137. The summed E-state index contributed by atoms with van der Waals surface area (Å²) in [4.78, 5) is 33.6. The van der Waals surface area contributed by atoms with Crippen LogP contribution in [0.1, 0.15) is 23.3 Å². The molecule has 1 aromatic rings. The molecule has 8 heteroatoms. The van der Waals surface area contributed by atoms with Crippen LogP contribution in [0.4, 0.5) is 0 Å². The quantitative estimate of drug-likeness (QED) is 0.621. The highest BCUT2D eigenvalue weighted by Crippen LogP contribution is 1.93. The third-order valence-corrected chi connectivity index (χ3v) is 2.46. The van der Waals surface area contributed by atoms with Crippen LogP contribution in [-0.2, 0) is 16.1 Å².